The highest BCUT2D eigenvalue weighted by atomic mass is 16.4. The Bertz CT molecular complexity index is 359. The zero-order valence-electron chi connectivity index (χ0n) is 10.9. The summed E-state index contributed by atoms with van der Waals surface area (Å²) in [7, 11) is 0. The zero-order chi connectivity index (χ0) is 14.4. The van der Waals surface area contributed by atoms with Crippen LogP contribution in [0.1, 0.15) is 32.1 Å². The summed E-state index contributed by atoms with van der Waals surface area (Å²) >= 11 is 0. The molecule has 1 saturated heterocycles. The molecule has 7 nitrogen and oxygen atoms in total. The van der Waals surface area contributed by atoms with Gasteiger partial charge in [-0.1, -0.05) is 0 Å². The van der Waals surface area contributed by atoms with E-state index in [1.54, 1.807) is 4.90 Å². The van der Waals surface area contributed by atoms with Crippen LogP contribution in [0.15, 0.2) is 0 Å². The number of rotatable bonds is 6. The maximum Gasteiger partial charge on any atom is 0.303 e. The molecular formula is C12H21N3O4. The molecule has 19 heavy (non-hydrogen) atoms. The van der Waals surface area contributed by atoms with Crippen molar-refractivity contribution in [2.45, 2.75) is 38.1 Å². The number of carbonyl (C=O) groups excluding carboxylic acids is 2. The predicted octanol–water partition coefficient (Wildman–Crippen LogP) is -0.707. The van der Waals surface area contributed by atoms with E-state index < -0.39 is 17.9 Å². The number of carboxylic acids is 1. The van der Waals surface area contributed by atoms with Crippen molar-refractivity contribution in [3.05, 3.63) is 0 Å². The van der Waals surface area contributed by atoms with Gasteiger partial charge in [-0.2, -0.15) is 0 Å². The lowest BCUT2D eigenvalue weighted by molar-refractivity contribution is -0.138. The fraction of sp³-hybridized carbons (Fsp3) is 0.750. The van der Waals surface area contributed by atoms with Gasteiger partial charge in [0.15, 0.2) is 0 Å². The third-order valence-corrected chi connectivity index (χ3v) is 3.34. The Balaban J connectivity index is 2.47. The second-order valence-electron chi connectivity index (χ2n) is 5.00. The SMILES string of the molecule is NC(=O)CC(N)C(=O)N1CCCC(CCC(=O)O)C1. The number of aliphatic carboxylic acids is 1. The van der Waals surface area contributed by atoms with Crippen LogP contribution in [0.25, 0.3) is 0 Å². The first kappa shape index (κ1) is 15.4. The Morgan fingerprint density at radius 1 is 1.37 bits per heavy atom. The van der Waals surface area contributed by atoms with E-state index in [1.807, 2.05) is 0 Å². The minimum absolute atomic E-state index is 0.111. The van der Waals surface area contributed by atoms with Gasteiger partial charge < -0.3 is 21.5 Å². The second kappa shape index (κ2) is 7.08. The highest BCUT2D eigenvalue weighted by Gasteiger charge is 2.27. The fourth-order valence-corrected chi connectivity index (χ4v) is 2.37. The first-order valence-electron chi connectivity index (χ1n) is 6.44. The number of piperidine rings is 1. The standard InChI is InChI=1S/C12H21N3O4/c13-9(6-10(14)16)12(19)15-5-1-2-8(7-15)3-4-11(17)18/h8-9H,1-7,13H2,(H2,14,16)(H,17,18). The molecule has 0 aromatic heterocycles. The molecule has 2 atom stereocenters. The average Bonchev–Trinajstić information content (AvgIpc) is 2.35. The van der Waals surface area contributed by atoms with Gasteiger partial charge in [0.05, 0.1) is 12.5 Å². The van der Waals surface area contributed by atoms with Crippen LogP contribution >= 0.6 is 0 Å². The number of hydrogen-bond donors (Lipinski definition) is 3. The van der Waals surface area contributed by atoms with Crippen LogP contribution in [0.3, 0.4) is 0 Å². The molecule has 0 aromatic carbocycles. The number of nitrogens with zero attached hydrogens (tertiary/aromatic N) is 1. The Morgan fingerprint density at radius 3 is 2.63 bits per heavy atom. The molecule has 1 rings (SSSR count). The van der Waals surface area contributed by atoms with Gasteiger partial charge in [-0.05, 0) is 25.2 Å². The molecule has 2 unspecified atom stereocenters. The normalized spacial score (nSPS) is 20.9. The van der Waals surface area contributed by atoms with Crippen LogP contribution in [-0.2, 0) is 14.4 Å². The molecule has 5 N–H and O–H groups in total. The number of likely N-dealkylation sites (tertiary alicyclic amines) is 1. The molecule has 0 bridgehead atoms. The van der Waals surface area contributed by atoms with Crippen LogP contribution in [0, 0.1) is 5.92 Å². The van der Waals surface area contributed by atoms with Crippen LogP contribution in [-0.4, -0.2) is 46.9 Å². The quantitative estimate of drug-likeness (QED) is 0.588. The highest BCUT2D eigenvalue weighted by molar-refractivity contribution is 5.87. The van der Waals surface area contributed by atoms with Gasteiger partial charge in [0.2, 0.25) is 11.8 Å². The molecule has 1 aliphatic rings. The summed E-state index contributed by atoms with van der Waals surface area (Å²) in [6.45, 7) is 1.12. The first-order chi connectivity index (χ1) is 8.90. The van der Waals surface area contributed by atoms with E-state index in [1.165, 1.54) is 0 Å². The average molecular weight is 271 g/mol. The summed E-state index contributed by atoms with van der Waals surface area (Å²) in [4.78, 5) is 34.9. The molecule has 0 radical (unpaired) electrons. The lowest BCUT2D eigenvalue weighted by Gasteiger charge is -2.34. The van der Waals surface area contributed by atoms with Gasteiger partial charge in [0, 0.05) is 19.5 Å². The molecule has 0 aliphatic carbocycles. The molecule has 1 fully saturated rings. The number of carboxylic acid groups (broad SMARTS) is 1. The van der Waals surface area contributed by atoms with E-state index in [2.05, 4.69) is 0 Å². The van der Waals surface area contributed by atoms with Gasteiger partial charge >= 0.3 is 5.97 Å². The molecule has 0 aromatic rings. The Morgan fingerprint density at radius 2 is 2.05 bits per heavy atom. The van der Waals surface area contributed by atoms with Gasteiger partial charge in [0.1, 0.15) is 0 Å². The van der Waals surface area contributed by atoms with Crippen molar-refractivity contribution < 1.29 is 19.5 Å². The Kier molecular flexibility index (Phi) is 5.75. The van der Waals surface area contributed by atoms with Gasteiger partial charge in [-0.25, -0.2) is 0 Å². The topological polar surface area (TPSA) is 127 Å². The maximum absolute atomic E-state index is 12.0. The van der Waals surface area contributed by atoms with E-state index in [0.717, 1.165) is 12.8 Å². The number of amides is 2. The predicted molar refractivity (Wildman–Crippen MR) is 68.0 cm³/mol. The van der Waals surface area contributed by atoms with E-state index in [-0.39, 0.29) is 24.7 Å². The molecule has 0 saturated carbocycles. The summed E-state index contributed by atoms with van der Waals surface area (Å²) in [6, 6.07) is -0.893. The van der Waals surface area contributed by atoms with Crippen LogP contribution < -0.4 is 11.5 Å². The minimum Gasteiger partial charge on any atom is -0.481 e. The van der Waals surface area contributed by atoms with E-state index in [9.17, 15) is 14.4 Å². The van der Waals surface area contributed by atoms with Crippen molar-refractivity contribution >= 4 is 17.8 Å². The summed E-state index contributed by atoms with van der Waals surface area (Å²) in [5.74, 6) is -1.51. The van der Waals surface area contributed by atoms with E-state index in [4.69, 9.17) is 16.6 Å². The lowest BCUT2D eigenvalue weighted by atomic mass is 9.93. The Hall–Kier alpha value is -1.63. The Labute approximate surface area is 111 Å². The lowest BCUT2D eigenvalue weighted by Crippen LogP contribution is -2.49. The first-order valence-corrected chi connectivity index (χ1v) is 6.44. The number of hydrogen-bond acceptors (Lipinski definition) is 4. The third kappa shape index (κ3) is 5.25. The highest BCUT2D eigenvalue weighted by Crippen LogP contribution is 2.21. The van der Waals surface area contributed by atoms with E-state index in [0.29, 0.717) is 19.5 Å². The summed E-state index contributed by atoms with van der Waals surface area (Å²) in [5.41, 5.74) is 10.6. The number of nitrogens with two attached hydrogens (primary N) is 2. The van der Waals surface area contributed by atoms with Crippen LogP contribution in [0.4, 0.5) is 0 Å². The fourth-order valence-electron chi connectivity index (χ4n) is 2.37. The number of primary amides is 1. The zero-order valence-corrected chi connectivity index (χ0v) is 10.9. The van der Waals surface area contributed by atoms with Gasteiger partial charge in [0.25, 0.3) is 0 Å². The number of carbonyl (C=O) groups is 3. The summed E-state index contributed by atoms with van der Waals surface area (Å²) < 4.78 is 0. The van der Waals surface area contributed by atoms with Crippen LogP contribution in [0.2, 0.25) is 0 Å². The van der Waals surface area contributed by atoms with Crippen molar-refractivity contribution in [2.24, 2.45) is 17.4 Å². The van der Waals surface area contributed by atoms with Crippen molar-refractivity contribution in [2.75, 3.05) is 13.1 Å². The van der Waals surface area contributed by atoms with Crippen molar-refractivity contribution in [3.8, 4) is 0 Å². The van der Waals surface area contributed by atoms with Crippen molar-refractivity contribution in [1.82, 2.24) is 4.90 Å². The van der Waals surface area contributed by atoms with Crippen molar-refractivity contribution in [1.29, 1.82) is 0 Å². The molecule has 1 aliphatic heterocycles. The minimum atomic E-state index is -0.893. The van der Waals surface area contributed by atoms with Crippen LogP contribution in [0.5, 0.6) is 0 Å². The summed E-state index contributed by atoms with van der Waals surface area (Å²) in [6.07, 6.45) is 2.26. The van der Waals surface area contributed by atoms with Gasteiger partial charge in [-0.15, -0.1) is 0 Å². The van der Waals surface area contributed by atoms with Gasteiger partial charge in [-0.3, -0.25) is 14.4 Å². The molecule has 7 heteroatoms. The molecule has 1 heterocycles. The van der Waals surface area contributed by atoms with Crippen molar-refractivity contribution in [3.63, 3.8) is 0 Å². The smallest absolute Gasteiger partial charge is 0.303 e. The van der Waals surface area contributed by atoms with E-state index >= 15 is 0 Å². The third-order valence-electron chi connectivity index (χ3n) is 3.34. The maximum atomic E-state index is 12.0. The molecule has 108 valence electrons. The largest absolute Gasteiger partial charge is 0.481 e. The molecule has 2 amide bonds. The monoisotopic (exact) mass is 271 g/mol. The molecule has 0 spiro atoms. The second-order valence-corrected chi connectivity index (χ2v) is 5.00. The molecular weight excluding hydrogens is 250 g/mol. The summed E-state index contributed by atoms with van der Waals surface area (Å²) in [5, 5.41) is 8.65.